The van der Waals surface area contributed by atoms with Crippen LogP contribution in [0.25, 0.3) is 0 Å². The molecule has 6 nitrogen and oxygen atoms in total. The minimum atomic E-state index is -0.396. The maximum absolute atomic E-state index is 12.2. The van der Waals surface area contributed by atoms with Crippen LogP contribution in [0.4, 0.5) is 10.5 Å². The van der Waals surface area contributed by atoms with Gasteiger partial charge >= 0.3 is 12.0 Å². The molecule has 2 amide bonds. The van der Waals surface area contributed by atoms with Crippen LogP contribution in [-0.2, 0) is 4.74 Å². The topological polar surface area (TPSA) is 78.9 Å². The first-order valence-corrected chi connectivity index (χ1v) is 7.72. The molecular weight excluding hydrogens is 292 g/mol. The minimum absolute atomic E-state index is 0.163. The van der Waals surface area contributed by atoms with Crippen LogP contribution in [0.1, 0.15) is 27.4 Å². The largest absolute Gasteiger partial charge is 0.465 e. The Balaban J connectivity index is 1.97. The first kappa shape index (κ1) is 15.8. The van der Waals surface area contributed by atoms with Crippen LogP contribution < -0.4 is 5.32 Å². The molecule has 1 aromatic heterocycles. The molecule has 116 valence electrons. The van der Waals surface area contributed by atoms with Crippen molar-refractivity contribution in [3.63, 3.8) is 0 Å². The van der Waals surface area contributed by atoms with Gasteiger partial charge in [0.15, 0.2) is 0 Å². The summed E-state index contributed by atoms with van der Waals surface area (Å²) < 4.78 is 4.67. The fourth-order valence-corrected chi connectivity index (χ4v) is 3.21. The molecule has 0 bridgehead atoms. The van der Waals surface area contributed by atoms with Crippen molar-refractivity contribution in [1.82, 2.24) is 4.90 Å². The van der Waals surface area contributed by atoms with Gasteiger partial charge < -0.3 is 20.1 Å². The number of aryl methyl sites for hydroxylation is 1. The highest BCUT2D eigenvalue weighted by atomic mass is 32.1. The molecule has 0 radical (unpaired) electrons. The third-order valence-corrected chi connectivity index (χ3v) is 4.74. The van der Waals surface area contributed by atoms with Gasteiger partial charge in [-0.1, -0.05) is 0 Å². The molecule has 1 aliphatic rings. The number of nitrogens with zero attached hydrogens (tertiary/aromatic N) is 1. The Kier molecular flexibility index (Phi) is 5.19. The maximum Gasteiger partial charge on any atom is 0.348 e. The number of nitrogens with one attached hydrogen (secondary N) is 1. The van der Waals surface area contributed by atoms with Gasteiger partial charge in [0, 0.05) is 24.6 Å². The summed E-state index contributed by atoms with van der Waals surface area (Å²) in [4.78, 5) is 26.8. The number of methoxy groups -OCH3 is 1. The number of carbonyl (C=O) groups excluding carboxylic acids is 2. The van der Waals surface area contributed by atoms with Crippen molar-refractivity contribution < 1.29 is 19.4 Å². The summed E-state index contributed by atoms with van der Waals surface area (Å²) in [5, 5.41) is 11.9. The third kappa shape index (κ3) is 3.74. The molecule has 2 heterocycles. The second-order valence-corrected chi connectivity index (χ2v) is 6.37. The first-order chi connectivity index (χ1) is 10.0. The number of ether oxygens (including phenoxy) is 1. The molecule has 21 heavy (non-hydrogen) atoms. The number of urea groups is 1. The van der Waals surface area contributed by atoms with Gasteiger partial charge in [0.25, 0.3) is 0 Å². The van der Waals surface area contributed by atoms with E-state index in [9.17, 15) is 9.59 Å². The lowest BCUT2D eigenvalue weighted by Crippen LogP contribution is -2.41. The van der Waals surface area contributed by atoms with Crippen LogP contribution in [0, 0.1) is 12.8 Å². The number of amides is 2. The lowest BCUT2D eigenvalue weighted by molar-refractivity contribution is 0.0606. The highest BCUT2D eigenvalue weighted by molar-refractivity contribution is 7.14. The number of aliphatic hydroxyl groups excluding tert-OH is 1. The third-order valence-electron chi connectivity index (χ3n) is 3.71. The first-order valence-electron chi connectivity index (χ1n) is 6.90. The number of anilines is 1. The highest BCUT2D eigenvalue weighted by Crippen LogP contribution is 2.27. The minimum Gasteiger partial charge on any atom is -0.465 e. The highest BCUT2D eigenvalue weighted by Gasteiger charge is 2.23. The normalized spacial score (nSPS) is 15.9. The molecule has 0 aromatic carbocycles. The molecule has 1 saturated heterocycles. The van der Waals surface area contributed by atoms with Gasteiger partial charge in [-0.25, -0.2) is 9.59 Å². The molecule has 0 spiro atoms. The van der Waals surface area contributed by atoms with E-state index in [1.807, 2.05) is 6.92 Å². The smallest absolute Gasteiger partial charge is 0.348 e. The molecule has 1 aromatic rings. The van der Waals surface area contributed by atoms with Crippen molar-refractivity contribution in [2.75, 3.05) is 32.1 Å². The number of esters is 1. The quantitative estimate of drug-likeness (QED) is 0.838. The van der Waals surface area contributed by atoms with E-state index >= 15 is 0 Å². The molecule has 0 saturated carbocycles. The standard InChI is InChI=1S/C14H20N2O4S/c1-9-11(7-12(21-9)13(18)20-2)15-14(19)16-5-3-10(8-17)4-6-16/h7,10,17H,3-6,8H2,1-2H3,(H,15,19). The van der Waals surface area contributed by atoms with E-state index in [-0.39, 0.29) is 12.6 Å². The van der Waals surface area contributed by atoms with Gasteiger partial charge in [-0.15, -0.1) is 11.3 Å². The van der Waals surface area contributed by atoms with E-state index in [0.717, 1.165) is 17.7 Å². The SMILES string of the molecule is COC(=O)c1cc(NC(=O)N2CCC(CO)CC2)c(C)s1. The predicted molar refractivity (Wildman–Crippen MR) is 80.8 cm³/mol. The van der Waals surface area contributed by atoms with Crippen molar-refractivity contribution in [1.29, 1.82) is 0 Å². The lowest BCUT2D eigenvalue weighted by Gasteiger charge is -2.31. The maximum atomic E-state index is 12.2. The van der Waals surface area contributed by atoms with E-state index < -0.39 is 5.97 Å². The molecule has 0 atom stereocenters. The molecule has 2 N–H and O–H groups in total. The van der Waals surface area contributed by atoms with Crippen LogP contribution in [-0.4, -0.2) is 48.8 Å². The molecule has 1 aliphatic heterocycles. The monoisotopic (exact) mass is 312 g/mol. The lowest BCUT2D eigenvalue weighted by atomic mass is 9.98. The van der Waals surface area contributed by atoms with E-state index in [1.165, 1.54) is 18.4 Å². The number of hydrogen-bond acceptors (Lipinski definition) is 5. The van der Waals surface area contributed by atoms with Crippen LogP contribution in [0.2, 0.25) is 0 Å². The Morgan fingerprint density at radius 3 is 2.71 bits per heavy atom. The fraction of sp³-hybridized carbons (Fsp3) is 0.571. The Bertz CT molecular complexity index is 521. The molecule has 0 aliphatic carbocycles. The van der Waals surface area contributed by atoms with Crippen LogP contribution in [0.3, 0.4) is 0 Å². The number of carbonyl (C=O) groups is 2. The van der Waals surface area contributed by atoms with Crippen molar-refractivity contribution in [3.8, 4) is 0 Å². The van der Waals surface area contributed by atoms with Gasteiger partial charge in [0.1, 0.15) is 4.88 Å². The average Bonchev–Trinajstić information content (AvgIpc) is 2.87. The second kappa shape index (κ2) is 6.91. The van der Waals surface area contributed by atoms with E-state index in [2.05, 4.69) is 10.1 Å². The molecule has 0 unspecified atom stereocenters. The Morgan fingerprint density at radius 2 is 2.14 bits per heavy atom. The van der Waals surface area contributed by atoms with Gasteiger partial charge in [-0.05, 0) is 31.7 Å². The zero-order valence-electron chi connectivity index (χ0n) is 12.2. The molecule has 7 heteroatoms. The van der Waals surface area contributed by atoms with Crippen molar-refractivity contribution in [2.24, 2.45) is 5.92 Å². The van der Waals surface area contributed by atoms with Gasteiger partial charge in [0.2, 0.25) is 0 Å². The number of hydrogen-bond donors (Lipinski definition) is 2. The summed E-state index contributed by atoms with van der Waals surface area (Å²) in [5.74, 6) is -0.102. The number of rotatable bonds is 3. The van der Waals surface area contributed by atoms with Gasteiger partial charge in [0.05, 0.1) is 12.8 Å². The number of piperidine rings is 1. The van der Waals surface area contributed by atoms with E-state index in [1.54, 1.807) is 11.0 Å². The number of thiophene rings is 1. The summed E-state index contributed by atoms with van der Waals surface area (Å²) in [6.07, 6.45) is 1.64. The summed E-state index contributed by atoms with van der Waals surface area (Å²) in [5.41, 5.74) is 0.648. The van der Waals surface area contributed by atoms with E-state index in [4.69, 9.17) is 5.11 Å². The molecule has 1 fully saturated rings. The average molecular weight is 312 g/mol. The van der Waals surface area contributed by atoms with Crippen LogP contribution in [0.5, 0.6) is 0 Å². The Labute approximate surface area is 127 Å². The Hall–Kier alpha value is -1.60. The van der Waals surface area contributed by atoms with Crippen molar-refractivity contribution in [3.05, 3.63) is 15.8 Å². The Morgan fingerprint density at radius 1 is 1.48 bits per heavy atom. The zero-order valence-corrected chi connectivity index (χ0v) is 13.0. The fourth-order valence-electron chi connectivity index (χ4n) is 2.32. The van der Waals surface area contributed by atoms with E-state index in [0.29, 0.717) is 29.6 Å². The molecular formula is C14H20N2O4S. The number of likely N-dealkylation sites (tertiary alicyclic amines) is 1. The summed E-state index contributed by atoms with van der Waals surface area (Å²) in [6, 6.07) is 1.48. The van der Waals surface area contributed by atoms with Crippen molar-refractivity contribution >= 4 is 29.0 Å². The number of aliphatic hydroxyl groups is 1. The summed E-state index contributed by atoms with van der Waals surface area (Å²) in [7, 11) is 1.33. The summed E-state index contributed by atoms with van der Waals surface area (Å²) in [6.45, 7) is 3.32. The van der Waals surface area contributed by atoms with Crippen molar-refractivity contribution in [2.45, 2.75) is 19.8 Å². The second-order valence-electron chi connectivity index (χ2n) is 5.12. The predicted octanol–water partition coefficient (Wildman–Crippen LogP) is 2.08. The zero-order chi connectivity index (χ0) is 15.4. The summed E-state index contributed by atoms with van der Waals surface area (Å²) >= 11 is 1.30. The van der Waals surface area contributed by atoms with Crippen LogP contribution in [0.15, 0.2) is 6.07 Å². The van der Waals surface area contributed by atoms with Gasteiger partial charge in [-0.2, -0.15) is 0 Å². The molecule has 2 rings (SSSR count). The van der Waals surface area contributed by atoms with Crippen LogP contribution >= 0.6 is 11.3 Å². The van der Waals surface area contributed by atoms with Gasteiger partial charge in [-0.3, -0.25) is 0 Å².